The molecule has 0 bridgehead atoms. The highest BCUT2D eigenvalue weighted by atomic mass is 16.4. The lowest BCUT2D eigenvalue weighted by Crippen LogP contribution is -2.30. The lowest BCUT2D eigenvalue weighted by molar-refractivity contribution is -0.155. The van der Waals surface area contributed by atoms with Crippen LogP contribution in [0.25, 0.3) is 0 Å². The zero-order valence-corrected chi connectivity index (χ0v) is 10.6. The number of benzene rings is 2. The maximum absolute atomic E-state index is 11.3. The molecule has 0 aromatic heterocycles. The Kier molecular flexibility index (Phi) is 4.15. The molecule has 2 rings (SSSR count). The minimum Gasteiger partial charge on any atom is -0.481 e. The third-order valence-electron chi connectivity index (χ3n) is 3.18. The maximum Gasteiger partial charge on any atom is 0.318 e. The molecule has 0 aliphatic rings. The van der Waals surface area contributed by atoms with Crippen molar-refractivity contribution in [1.82, 2.24) is 0 Å². The van der Waals surface area contributed by atoms with Crippen LogP contribution >= 0.6 is 0 Å². The van der Waals surface area contributed by atoms with Crippen molar-refractivity contribution in [3.8, 4) is 0 Å². The first-order valence-electron chi connectivity index (χ1n) is 6.16. The van der Waals surface area contributed by atoms with Crippen molar-refractivity contribution in [2.24, 2.45) is 5.92 Å². The molecule has 0 saturated heterocycles. The van der Waals surface area contributed by atoms with Gasteiger partial charge in [-0.25, -0.2) is 0 Å². The van der Waals surface area contributed by atoms with Crippen LogP contribution in [0.1, 0.15) is 17.0 Å². The highest BCUT2D eigenvalue weighted by Crippen LogP contribution is 2.32. The van der Waals surface area contributed by atoms with Gasteiger partial charge in [0.25, 0.3) is 0 Å². The molecule has 4 heteroatoms. The Morgan fingerprint density at radius 3 is 1.35 bits per heavy atom. The van der Waals surface area contributed by atoms with Crippen LogP contribution in [0.4, 0.5) is 0 Å². The average Bonchev–Trinajstić information content (AvgIpc) is 2.45. The summed E-state index contributed by atoms with van der Waals surface area (Å²) in [6.07, 6.45) is 0. The summed E-state index contributed by atoms with van der Waals surface area (Å²) in [6, 6.07) is 17.7. The van der Waals surface area contributed by atoms with Gasteiger partial charge in [0, 0.05) is 5.92 Å². The molecule has 0 fully saturated rings. The molecule has 2 N–H and O–H groups in total. The summed E-state index contributed by atoms with van der Waals surface area (Å²) in [4.78, 5) is 22.7. The van der Waals surface area contributed by atoms with Gasteiger partial charge >= 0.3 is 11.9 Å². The Labute approximate surface area is 116 Å². The third kappa shape index (κ3) is 2.85. The Morgan fingerprint density at radius 2 is 1.05 bits per heavy atom. The monoisotopic (exact) mass is 270 g/mol. The van der Waals surface area contributed by atoms with Gasteiger partial charge in [0.2, 0.25) is 0 Å². The minimum atomic E-state index is -1.51. The summed E-state index contributed by atoms with van der Waals surface area (Å²) >= 11 is 0. The zero-order valence-electron chi connectivity index (χ0n) is 10.6. The fourth-order valence-corrected chi connectivity index (χ4v) is 2.29. The summed E-state index contributed by atoms with van der Waals surface area (Å²) < 4.78 is 0. The molecule has 0 atom stereocenters. The summed E-state index contributed by atoms with van der Waals surface area (Å²) in [6.45, 7) is 0. The molecule has 0 aliphatic carbocycles. The van der Waals surface area contributed by atoms with Crippen LogP contribution in [-0.2, 0) is 9.59 Å². The molecule has 0 unspecified atom stereocenters. The van der Waals surface area contributed by atoms with Crippen LogP contribution in [0.3, 0.4) is 0 Å². The summed E-state index contributed by atoms with van der Waals surface area (Å²) in [5, 5.41) is 18.5. The van der Waals surface area contributed by atoms with Crippen molar-refractivity contribution in [2.75, 3.05) is 0 Å². The van der Waals surface area contributed by atoms with Crippen molar-refractivity contribution in [3.63, 3.8) is 0 Å². The number of aliphatic carboxylic acids is 2. The van der Waals surface area contributed by atoms with Crippen LogP contribution in [0.2, 0.25) is 0 Å². The van der Waals surface area contributed by atoms with Gasteiger partial charge in [0.15, 0.2) is 5.92 Å². The van der Waals surface area contributed by atoms with Crippen LogP contribution in [0.5, 0.6) is 0 Å². The molecule has 102 valence electrons. The first-order chi connectivity index (χ1) is 9.61. The van der Waals surface area contributed by atoms with Gasteiger partial charge in [-0.15, -0.1) is 0 Å². The summed E-state index contributed by atoms with van der Waals surface area (Å²) in [5.41, 5.74) is 1.35. The normalized spacial score (nSPS) is 10.7. The smallest absolute Gasteiger partial charge is 0.318 e. The quantitative estimate of drug-likeness (QED) is 0.819. The second-order valence-corrected chi connectivity index (χ2v) is 4.45. The second kappa shape index (κ2) is 6.02. The van der Waals surface area contributed by atoms with E-state index >= 15 is 0 Å². The molecule has 0 heterocycles. The predicted octanol–water partition coefficient (Wildman–Crippen LogP) is 2.60. The largest absolute Gasteiger partial charge is 0.481 e. The molecule has 0 amide bonds. The lowest BCUT2D eigenvalue weighted by atomic mass is 9.80. The number of rotatable bonds is 5. The van der Waals surface area contributed by atoms with E-state index < -0.39 is 23.8 Å². The van der Waals surface area contributed by atoms with Crippen LogP contribution in [0, 0.1) is 5.92 Å². The van der Waals surface area contributed by atoms with Crippen molar-refractivity contribution in [2.45, 2.75) is 5.92 Å². The molecule has 0 saturated carbocycles. The second-order valence-electron chi connectivity index (χ2n) is 4.45. The predicted molar refractivity (Wildman–Crippen MR) is 73.5 cm³/mol. The van der Waals surface area contributed by atoms with Gasteiger partial charge in [-0.2, -0.15) is 0 Å². The third-order valence-corrected chi connectivity index (χ3v) is 3.18. The highest BCUT2D eigenvalue weighted by Gasteiger charge is 2.36. The maximum atomic E-state index is 11.3. The van der Waals surface area contributed by atoms with Gasteiger partial charge in [-0.1, -0.05) is 60.7 Å². The number of hydrogen-bond donors (Lipinski definition) is 2. The zero-order chi connectivity index (χ0) is 14.5. The van der Waals surface area contributed by atoms with E-state index in [-0.39, 0.29) is 0 Å². The number of hydrogen-bond acceptors (Lipinski definition) is 2. The van der Waals surface area contributed by atoms with Crippen molar-refractivity contribution < 1.29 is 19.8 Å². The van der Waals surface area contributed by atoms with E-state index in [9.17, 15) is 19.8 Å². The van der Waals surface area contributed by atoms with E-state index in [0.29, 0.717) is 11.1 Å². The van der Waals surface area contributed by atoms with E-state index in [2.05, 4.69) is 0 Å². The lowest BCUT2D eigenvalue weighted by Gasteiger charge is -2.22. The Balaban J connectivity index is 2.55. The Bertz CT molecular complexity index is 539. The molecule has 0 aliphatic heterocycles. The molecule has 20 heavy (non-hydrogen) atoms. The Morgan fingerprint density at radius 1 is 0.700 bits per heavy atom. The van der Waals surface area contributed by atoms with Gasteiger partial charge in [0.05, 0.1) is 0 Å². The summed E-state index contributed by atoms with van der Waals surface area (Å²) in [5.74, 6) is -4.90. The average molecular weight is 270 g/mol. The standard InChI is InChI=1S/C16H14O4/c17-15(18)14(16(19)20)13(11-7-3-1-4-8-11)12-9-5-2-6-10-12/h1-10,13-14H,(H,17,18)(H,19,20). The molecular formula is C16H14O4. The molecule has 0 spiro atoms. The molecule has 2 aromatic rings. The number of carboxylic acid groups (broad SMARTS) is 2. The molecule has 2 aromatic carbocycles. The van der Waals surface area contributed by atoms with E-state index in [1.807, 2.05) is 12.1 Å². The first kappa shape index (κ1) is 13.8. The Hall–Kier alpha value is -2.62. The van der Waals surface area contributed by atoms with Gasteiger partial charge < -0.3 is 10.2 Å². The van der Waals surface area contributed by atoms with E-state index in [1.165, 1.54) is 0 Å². The van der Waals surface area contributed by atoms with E-state index in [4.69, 9.17) is 0 Å². The van der Waals surface area contributed by atoms with E-state index in [1.54, 1.807) is 48.5 Å². The van der Waals surface area contributed by atoms with Crippen LogP contribution in [-0.4, -0.2) is 22.2 Å². The number of carboxylic acids is 2. The van der Waals surface area contributed by atoms with Gasteiger partial charge in [-0.05, 0) is 11.1 Å². The first-order valence-corrected chi connectivity index (χ1v) is 6.16. The summed E-state index contributed by atoms with van der Waals surface area (Å²) in [7, 11) is 0. The molecule has 0 radical (unpaired) electrons. The highest BCUT2D eigenvalue weighted by molar-refractivity contribution is 5.94. The topological polar surface area (TPSA) is 74.6 Å². The minimum absolute atomic E-state index is 0.675. The van der Waals surface area contributed by atoms with E-state index in [0.717, 1.165) is 0 Å². The van der Waals surface area contributed by atoms with Crippen molar-refractivity contribution >= 4 is 11.9 Å². The van der Waals surface area contributed by atoms with Crippen molar-refractivity contribution in [3.05, 3.63) is 71.8 Å². The molecule has 4 nitrogen and oxygen atoms in total. The fourth-order valence-electron chi connectivity index (χ4n) is 2.29. The number of carbonyl (C=O) groups is 2. The SMILES string of the molecule is O=C(O)C(C(=O)O)C(c1ccccc1)c1ccccc1. The van der Waals surface area contributed by atoms with Crippen molar-refractivity contribution in [1.29, 1.82) is 0 Å². The van der Waals surface area contributed by atoms with Gasteiger partial charge in [-0.3, -0.25) is 9.59 Å². The van der Waals surface area contributed by atoms with Crippen LogP contribution in [0.15, 0.2) is 60.7 Å². The van der Waals surface area contributed by atoms with Gasteiger partial charge in [0.1, 0.15) is 0 Å². The molecular weight excluding hydrogens is 256 g/mol. The van der Waals surface area contributed by atoms with Crippen LogP contribution < -0.4 is 0 Å². The fraction of sp³-hybridized carbons (Fsp3) is 0.125.